The molecule has 6 heteroatoms. The largest absolute Gasteiger partial charge is 0.376 e. The highest BCUT2D eigenvalue weighted by Gasteiger charge is 2.28. The number of nitrogens with one attached hydrogen (secondary N) is 2. The zero-order chi connectivity index (χ0) is 22.6. The van der Waals surface area contributed by atoms with E-state index in [0.717, 1.165) is 68.1 Å². The van der Waals surface area contributed by atoms with Crippen molar-refractivity contribution in [2.24, 2.45) is 11.8 Å². The van der Waals surface area contributed by atoms with E-state index in [1.54, 1.807) is 6.20 Å². The van der Waals surface area contributed by atoms with E-state index >= 15 is 0 Å². The highest BCUT2D eigenvalue weighted by Crippen LogP contribution is 2.29. The number of hydrogen-bond donors (Lipinski definition) is 2. The fourth-order valence-electron chi connectivity index (χ4n) is 4.81. The lowest BCUT2D eigenvalue weighted by molar-refractivity contribution is -0.122. The van der Waals surface area contributed by atoms with Gasteiger partial charge < -0.3 is 15.4 Å². The maximum absolute atomic E-state index is 12.7. The van der Waals surface area contributed by atoms with Gasteiger partial charge in [0.05, 0.1) is 11.3 Å². The summed E-state index contributed by atoms with van der Waals surface area (Å²) in [6.45, 7) is 8.99. The molecule has 6 nitrogen and oxygen atoms in total. The van der Waals surface area contributed by atoms with Crippen molar-refractivity contribution in [1.29, 1.82) is 0 Å². The summed E-state index contributed by atoms with van der Waals surface area (Å²) in [4.78, 5) is 22.0. The second-order valence-corrected chi connectivity index (χ2v) is 10.0. The van der Waals surface area contributed by atoms with Gasteiger partial charge in [-0.15, -0.1) is 0 Å². The third-order valence-corrected chi connectivity index (χ3v) is 6.70. The van der Waals surface area contributed by atoms with Gasteiger partial charge in [0.2, 0.25) is 0 Å². The van der Waals surface area contributed by atoms with Crippen molar-refractivity contribution >= 4 is 11.6 Å². The van der Waals surface area contributed by atoms with Gasteiger partial charge in [-0.3, -0.25) is 9.78 Å². The summed E-state index contributed by atoms with van der Waals surface area (Å²) in [6, 6.07) is 10.5. The lowest BCUT2D eigenvalue weighted by Crippen LogP contribution is -2.40. The molecule has 3 atom stereocenters. The van der Waals surface area contributed by atoms with Crippen LogP contribution in [-0.4, -0.2) is 47.1 Å². The van der Waals surface area contributed by atoms with Gasteiger partial charge in [0.25, 0.3) is 0 Å². The molecule has 2 aromatic rings. The maximum atomic E-state index is 12.7. The Morgan fingerprint density at radius 3 is 2.91 bits per heavy atom. The number of piperidine rings is 1. The molecule has 2 N–H and O–H groups in total. The second kappa shape index (κ2) is 10.1. The van der Waals surface area contributed by atoms with Crippen LogP contribution in [0.15, 0.2) is 36.5 Å². The Hall–Kier alpha value is -2.31. The predicted molar refractivity (Wildman–Crippen MR) is 128 cm³/mol. The van der Waals surface area contributed by atoms with E-state index in [-0.39, 0.29) is 17.3 Å². The van der Waals surface area contributed by atoms with Crippen molar-refractivity contribution in [3.05, 3.63) is 42.2 Å². The Balaban J connectivity index is 1.38. The summed E-state index contributed by atoms with van der Waals surface area (Å²) < 4.78 is 5.83. The van der Waals surface area contributed by atoms with Crippen LogP contribution in [0.3, 0.4) is 0 Å². The minimum Gasteiger partial charge on any atom is -0.376 e. The first kappa shape index (κ1) is 22.9. The molecule has 0 unspecified atom stereocenters. The number of pyridine rings is 2. The number of aromatic nitrogens is 2. The van der Waals surface area contributed by atoms with Crippen LogP contribution in [0.1, 0.15) is 52.1 Å². The highest BCUT2D eigenvalue weighted by molar-refractivity contribution is 5.83. The molecule has 4 rings (SSSR count). The summed E-state index contributed by atoms with van der Waals surface area (Å²) in [6.07, 6.45) is 6.31. The molecular weight excluding hydrogens is 400 g/mol. The molecular formula is C26H36N4O2. The third kappa shape index (κ3) is 6.14. The molecule has 2 aliphatic heterocycles. The van der Waals surface area contributed by atoms with Gasteiger partial charge in [0.1, 0.15) is 11.6 Å². The Kier molecular flexibility index (Phi) is 7.21. The molecule has 2 fully saturated rings. The smallest absolute Gasteiger partial charge is 0.143 e. The van der Waals surface area contributed by atoms with Gasteiger partial charge in [-0.1, -0.05) is 6.07 Å². The number of ketones is 1. The van der Waals surface area contributed by atoms with Gasteiger partial charge in [0, 0.05) is 55.5 Å². The molecule has 0 bridgehead atoms. The Morgan fingerprint density at radius 1 is 1.25 bits per heavy atom. The van der Waals surface area contributed by atoms with E-state index < -0.39 is 0 Å². The van der Waals surface area contributed by atoms with Crippen LogP contribution in [0, 0.1) is 11.8 Å². The van der Waals surface area contributed by atoms with E-state index in [1.807, 2.05) is 30.3 Å². The minimum absolute atomic E-state index is 0.0450. The van der Waals surface area contributed by atoms with Crippen molar-refractivity contribution in [3.8, 4) is 11.3 Å². The summed E-state index contributed by atoms with van der Waals surface area (Å²) in [5, 5.41) is 6.93. The van der Waals surface area contributed by atoms with Crippen molar-refractivity contribution in [2.45, 2.75) is 64.5 Å². The van der Waals surface area contributed by atoms with Crippen molar-refractivity contribution in [1.82, 2.24) is 15.3 Å². The molecule has 0 radical (unpaired) electrons. The van der Waals surface area contributed by atoms with Crippen molar-refractivity contribution in [2.75, 3.05) is 25.0 Å². The lowest BCUT2D eigenvalue weighted by atomic mass is 9.88. The molecule has 0 aromatic carbocycles. The van der Waals surface area contributed by atoms with Crippen LogP contribution < -0.4 is 10.6 Å². The molecule has 0 amide bonds. The van der Waals surface area contributed by atoms with Crippen LogP contribution in [0.2, 0.25) is 0 Å². The molecule has 0 saturated carbocycles. The first-order valence-electron chi connectivity index (χ1n) is 11.9. The van der Waals surface area contributed by atoms with Crippen LogP contribution >= 0.6 is 0 Å². The lowest BCUT2D eigenvalue weighted by Gasteiger charge is -2.35. The number of hydrogen-bond acceptors (Lipinski definition) is 6. The van der Waals surface area contributed by atoms with Crippen molar-refractivity contribution in [3.63, 3.8) is 0 Å². The average molecular weight is 437 g/mol. The average Bonchev–Trinajstić information content (AvgIpc) is 2.78. The third-order valence-electron chi connectivity index (χ3n) is 6.70. The summed E-state index contributed by atoms with van der Waals surface area (Å²) >= 11 is 0. The molecule has 32 heavy (non-hydrogen) atoms. The summed E-state index contributed by atoms with van der Waals surface area (Å²) in [7, 11) is 0. The SMILES string of the molecule is C[C@@H]1CC[C@@H](C(=O)Cc2cc(-c3cccc(NC[C@@H]4CCOC(C)(C)C4)n3)ccn2)CN1. The predicted octanol–water partition coefficient (Wildman–Crippen LogP) is 4.26. The van der Waals surface area contributed by atoms with Gasteiger partial charge in [-0.05, 0) is 76.6 Å². The molecule has 0 spiro atoms. The van der Waals surface area contributed by atoms with Gasteiger partial charge in [0.15, 0.2) is 0 Å². The Labute approximate surface area is 191 Å². The number of carbonyl (C=O) groups is 1. The normalized spacial score (nSPS) is 25.3. The first-order chi connectivity index (χ1) is 15.4. The monoisotopic (exact) mass is 436 g/mol. The highest BCUT2D eigenvalue weighted by atomic mass is 16.5. The van der Waals surface area contributed by atoms with Crippen molar-refractivity contribution < 1.29 is 9.53 Å². The number of Topliss-reactive ketones (excluding diaryl/α,β-unsaturated/α-hetero) is 1. The Bertz CT molecular complexity index is 922. The van der Waals surface area contributed by atoms with Gasteiger partial charge in [-0.25, -0.2) is 4.98 Å². The van der Waals surface area contributed by atoms with E-state index in [2.05, 4.69) is 36.4 Å². The molecule has 0 aliphatic carbocycles. The van der Waals surface area contributed by atoms with Gasteiger partial charge >= 0.3 is 0 Å². The van der Waals surface area contributed by atoms with Gasteiger partial charge in [-0.2, -0.15) is 0 Å². The second-order valence-electron chi connectivity index (χ2n) is 10.0. The molecule has 2 aliphatic rings. The minimum atomic E-state index is -0.0450. The van der Waals surface area contributed by atoms with Crippen LogP contribution in [0.25, 0.3) is 11.3 Å². The molecule has 2 saturated heterocycles. The fourth-order valence-corrected chi connectivity index (χ4v) is 4.81. The fraction of sp³-hybridized carbons (Fsp3) is 0.577. The summed E-state index contributed by atoms with van der Waals surface area (Å²) in [5.41, 5.74) is 2.66. The quantitative estimate of drug-likeness (QED) is 0.675. The van der Waals surface area contributed by atoms with E-state index in [4.69, 9.17) is 9.72 Å². The number of carbonyl (C=O) groups excluding carboxylic acids is 1. The van der Waals surface area contributed by atoms with Crippen LogP contribution in [0.5, 0.6) is 0 Å². The first-order valence-corrected chi connectivity index (χ1v) is 11.9. The molecule has 2 aromatic heterocycles. The number of rotatable bonds is 7. The number of ether oxygens (including phenoxy) is 1. The molecule has 4 heterocycles. The van der Waals surface area contributed by atoms with Crippen LogP contribution in [0.4, 0.5) is 5.82 Å². The Morgan fingerprint density at radius 2 is 2.12 bits per heavy atom. The zero-order valence-electron chi connectivity index (χ0n) is 19.6. The number of anilines is 1. The van der Waals surface area contributed by atoms with E-state index in [1.165, 1.54) is 0 Å². The van der Waals surface area contributed by atoms with E-state index in [0.29, 0.717) is 18.4 Å². The van der Waals surface area contributed by atoms with E-state index in [9.17, 15) is 4.79 Å². The summed E-state index contributed by atoms with van der Waals surface area (Å²) in [5.74, 6) is 1.83. The topological polar surface area (TPSA) is 76.1 Å². The molecule has 172 valence electrons. The van der Waals surface area contributed by atoms with Crippen LogP contribution in [-0.2, 0) is 16.0 Å². The zero-order valence-corrected chi connectivity index (χ0v) is 19.6. The maximum Gasteiger partial charge on any atom is 0.143 e. The number of nitrogens with zero attached hydrogens (tertiary/aromatic N) is 2. The standard InChI is InChI=1S/C26H36N4O2/c1-18-7-8-21(17-28-18)24(31)14-22-13-20(9-11-27-22)23-5-4-6-25(30-23)29-16-19-10-12-32-26(2,3)15-19/h4-6,9,11,13,18-19,21,28H,7-8,10,12,14-17H2,1-3H3,(H,29,30)/t18-,19-,21-/m1/s1.